The molecule has 3 unspecified atom stereocenters. The summed E-state index contributed by atoms with van der Waals surface area (Å²) in [5.74, 6) is 5.11. The summed E-state index contributed by atoms with van der Waals surface area (Å²) in [6.45, 7) is 14.4. The van der Waals surface area contributed by atoms with Gasteiger partial charge in [0.1, 0.15) is 0 Å². The monoisotopic (exact) mass is 604 g/mol. The van der Waals surface area contributed by atoms with Crippen LogP contribution in [0.15, 0.2) is 24.3 Å². The normalized spacial score (nSPS) is 42.2. The highest BCUT2D eigenvalue weighted by Gasteiger charge is 2.65. The highest BCUT2D eigenvalue weighted by Crippen LogP contribution is 2.70. The molecule has 2 saturated heterocycles. The fourth-order valence-corrected chi connectivity index (χ4v) is 12.1. The number of nitrogens with one attached hydrogen (secondary N) is 1. The van der Waals surface area contributed by atoms with Crippen molar-refractivity contribution in [2.24, 2.45) is 52.3 Å². The number of hydrogen-bond acceptors (Lipinski definition) is 4. The summed E-state index contributed by atoms with van der Waals surface area (Å²) < 4.78 is 13.3. The van der Waals surface area contributed by atoms with Gasteiger partial charge in [0, 0.05) is 26.2 Å². The van der Waals surface area contributed by atoms with Crippen molar-refractivity contribution >= 4 is 5.91 Å². The number of amides is 1. The third-order valence-corrected chi connectivity index (χ3v) is 14.5. The first-order chi connectivity index (χ1) is 21.3. The van der Waals surface area contributed by atoms with Gasteiger partial charge in [-0.25, -0.2) is 0 Å². The molecule has 1 aromatic carbocycles. The van der Waals surface area contributed by atoms with Gasteiger partial charge >= 0.3 is 0 Å². The molecule has 0 bridgehead atoms. The van der Waals surface area contributed by atoms with Crippen LogP contribution in [-0.4, -0.2) is 55.8 Å². The quantitative estimate of drug-likeness (QED) is 0.336. The van der Waals surface area contributed by atoms with Crippen molar-refractivity contribution in [1.82, 2.24) is 10.2 Å². The smallest absolute Gasteiger partial charge is 0.228 e. The molecule has 1 N–H and O–H groups in total. The van der Waals surface area contributed by atoms with Crippen LogP contribution in [0.1, 0.15) is 103 Å². The van der Waals surface area contributed by atoms with Crippen LogP contribution in [0.5, 0.6) is 0 Å². The van der Waals surface area contributed by atoms with Crippen molar-refractivity contribution in [2.75, 3.05) is 32.8 Å². The van der Waals surface area contributed by atoms with E-state index >= 15 is 0 Å². The molecule has 0 aromatic heterocycles. The van der Waals surface area contributed by atoms with Crippen molar-refractivity contribution in [3.05, 3.63) is 35.4 Å². The number of rotatable bonds is 8. The number of nitrogens with zero attached hydrogens (tertiary/aromatic N) is 1. The van der Waals surface area contributed by atoms with Gasteiger partial charge in [-0.15, -0.1) is 0 Å². The van der Waals surface area contributed by atoms with Crippen molar-refractivity contribution in [3.63, 3.8) is 0 Å². The molecule has 2 heterocycles. The number of carbonyl (C=O) groups is 1. The molecule has 7 rings (SSSR count). The second-order valence-corrected chi connectivity index (χ2v) is 16.6. The summed E-state index contributed by atoms with van der Waals surface area (Å²) >= 11 is 0. The van der Waals surface area contributed by atoms with Crippen molar-refractivity contribution in [2.45, 2.75) is 117 Å². The second kappa shape index (κ2) is 12.6. The summed E-state index contributed by atoms with van der Waals surface area (Å²) in [4.78, 5) is 15.8. The summed E-state index contributed by atoms with van der Waals surface area (Å²) in [6, 6.07) is 8.54. The lowest BCUT2D eigenvalue weighted by Crippen LogP contribution is -2.53. The van der Waals surface area contributed by atoms with E-state index in [1.165, 1.54) is 68.9 Å². The first-order valence-electron chi connectivity index (χ1n) is 18.6. The van der Waals surface area contributed by atoms with Gasteiger partial charge in [0.15, 0.2) is 0 Å². The van der Waals surface area contributed by atoms with Crippen molar-refractivity contribution < 1.29 is 14.3 Å². The van der Waals surface area contributed by atoms with E-state index in [4.69, 9.17) is 9.47 Å². The van der Waals surface area contributed by atoms with Crippen LogP contribution in [-0.2, 0) is 20.9 Å². The van der Waals surface area contributed by atoms with E-state index in [1.54, 1.807) is 0 Å². The van der Waals surface area contributed by atoms with Gasteiger partial charge in [0.05, 0.1) is 31.3 Å². The molecule has 1 amide bonds. The zero-order valence-corrected chi connectivity index (χ0v) is 28.2. The summed E-state index contributed by atoms with van der Waals surface area (Å²) in [5.41, 5.74) is 3.45. The minimum Gasteiger partial charge on any atom is -0.376 e. The molecule has 2 aliphatic heterocycles. The highest BCUT2D eigenvalue weighted by molar-refractivity contribution is 5.79. The zero-order chi connectivity index (χ0) is 30.5. The Labute approximate surface area is 267 Å². The van der Waals surface area contributed by atoms with Gasteiger partial charge in [-0.2, -0.15) is 0 Å². The van der Waals surface area contributed by atoms with Crippen LogP contribution in [0.2, 0.25) is 0 Å². The molecule has 0 spiro atoms. The molecule has 5 nitrogen and oxygen atoms in total. The van der Waals surface area contributed by atoms with Crippen LogP contribution in [0, 0.1) is 59.2 Å². The number of hydrogen-bond donors (Lipinski definition) is 1. The van der Waals surface area contributed by atoms with Gasteiger partial charge in [-0.3, -0.25) is 4.79 Å². The fourth-order valence-electron chi connectivity index (χ4n) is 12.1. The molecule has 4 saturated carbocycles. The third kappa shape index (κ3) is 5.59. The number of benzene rings is 1. The van der Waals surface area contributed by atoms with Gasteiger partial charge in [-0.05, 0) is 117 Å². The van der Waals surface area contributed by atoms with E-state index in [0.29, 0.717) is 42.0 Å². The molecular formula is C39H60N2O3. The Hall–Kier alpha value is -1.43. The number of fused-ring (bicyclic) bond motifs is 7. The second-order valence-electron chi connectivity index (χ2n) is 16.6. The predicted molar refractivity (Wildman–Crippen MR) is 176 cm³/mol. The first-order valence-corrected chi connectivity index (χ1v) is 18.6. The molecule has 6 aliphatic rings. The molecular weight excluding hydrogens is 544 g/mol. The van der Waals surface area contributed by atoms with Crippen molar-refractivity contribution in [1.29, 1.82) is 0 Å². The SMILES string of the molecule is Cc1ccc(COCC(CCC2O[C@H]3C[C@H]4[C@@H]5CCC6CCCC[C@]6(C)[C@H]5CC[C@]4(C)[C@H]3[C@@H]2C)C(=O)N2CCNCC2)cc1. The minimum atomic E-state index is -0.0972. The van der Waals surface area contributed by atoms with Gasteiger partial charge in [0.2, 0.25) is 5.91 Å². The lowest BCUT2D eigenvalue weighted by molar-refractivity contribution is -0.139. The lowest BCUT2D eigenvalue weighted by atomic mass is 9.44. The molecule has 244 valence electrons. The Kier molecular flexibility index (Phi) is 8.96. The summed E-state index contributed by atoms with van der Waals surface area (Å²) in [6.07, 6.45) is 15.5. The molecule has 44 heavy (non-hydrogen) atoms. The lowest BCUT2D eigenvalue weighted by Gasteiger charge is -2.60. The van der Waals surface area contributed by atoms with Crippen LogP contribution in [0.3, 0.4) is 0 Å². The zero-order valence-electron chi connectivity index (χ0n) is 28.2. The Balaban J connectivity index is 0.994. The number of aryl methyl sites for hydroxylation is 1. The Morgan fingerprint density at radius 3 is 2.61 bits per heavy atom. The van der Waals surface area contributed by atoms with E-state index in [-0.39, 0.29) is 17.9 Å². The van der Waals surface area contributed by atoms with Crippen LogP contribution >= 0.6 is 0 Å². The molecule has 1 aromatic rings. The highest BCUT2D eigenvalue weighted by atomic mass is 16.5. The average molecular weight is 605 g/mol. The minimum absolute atomic E-state index is 0.0972. The van der Waals surface area contributed by atoms with Crippen LogP contribution in [0.4, 0.5) is 0 Å². The number of ether oxygens (including phenoxy) is 2. The maximum atomic E-state index is 13.7. The standard InChI is InChI=1S/C39H60N2O3/c1-26-8-10-28(11-9-26)24-43-25-29(37(42)41-21-19-40-20-22-41)12-15-34-27(2)36-35(44-34)23-33-31-14-13-30-7-5-6-17-38(30,3)32(31)16-18-39(33,36)4/h8-11,27,29-36,40H,5-7,12-25H2,1-4H3/t27-,29?,30?,31-,32+,33+,34?,35+,36+,38+,39+/m1/s1. The Morgan fingerprint density at radius 1 is 1.02 bits per heavy atom. The topological polar surface area (TPSA) is 50.8 Å². The fraction of sp³-hybridized carbons (Fsp3) is 0.821. The van der Waals surface area contributed by atoms with E-state index < -0.39 is 0 Å². The molecule has 5 heteroatoms. The van der Waals surface area contributed by atoms with E-state index in [1.807, 2.05) is 0 Å². The average Bonchev–Trinajstić information content (AvgIpc) is 3.52. The maximum Gasteiger partial charge on any atom is 0.228 e. The molecule has 0 radical (unpaired) electrons. The van der Waals surface area contributed by atoms with E-state index in [9.17, 15) is 4.79 Å². The van der Waals surface area contributed by atoms with Crippen LogP contribution < -0.4 is 5.32 Å². The number of piperazine rings is 1. The van der Waals surface area contributed by atoms with Crippen LogP contribution in [0.25, 0.3) is 0 Å². The molecule has 11 atom stereocenters. The first kappa shape index (κ1) is 31.2. The van der Waals surface area contributed by atoms with E-state index in [0.717, 1.165) is 62.7 Å². The van der Waals surface area contributed by atoms with Gasteiger partial charge in [-0.1, -0.05) is 63.4 Å². The number of carbonyl (C=O) groups excluding carboxylic acids is 1. The molecule has 4 aliphatic carbocycles. The third-order valence-electron chi connectivity index (χ3n) is 14.5. The van der Waals surface area contributed by atoms with Gasteiger partial charge < -0.3 is 19.7 Å². The van der Waals surface area contributed by atoms with Crippen molar-refractivity contribution in [3.8, 4) is 0 Å². The largest absolute Gasteiger partial charge is 0.376 e. The summed E-state index contributed by atoms with van der Waals surface area (Å²) in [7, 11) is 0. The summed E-state index contributed by atoms with van der Waals surface area (Å²) in [5, 5.41) is 3.40. The maximum absolute atomic E-state index is 13.7. The predicted octanol–water partition coefficient (Wildman–Crippen LogP) is 7.40. The Morgan fingerprint density at radius 2 is 1.82 bits per heavy atom. The Bertz CT molecular complexity index is 1150. The molecule has 6 fully saturated rings. The van der Waals surface area contributed by atoms with E-state index in [2.05, 4.69) is 62.2 Å². The van der Waals surface area contributed by atoms with Gasteiger partial charge in [0.25, 0.3) is 0 Å².